The number of ether oxygens (including phenoxy) is 1. The van der Waals surface area contributed by atoms with Gasteiger partial charge in [0.05, 0.1) is 18.3 Å². The quantitative estimate of drug-likeness (QED) is 0.831. The molecule has 3 heterocycles. The van der Waals surface area contributed by atoms with Crippen molar-refractivity contribution in [3.05, 3.63) is 24.0 Å². The van der Waals surface area contributed by atoms with E-state index < -0.39 is 0 Å². The number of hydrogen-bond acceptors (Lipinski definition) is 4. The third-order valence-corrected chi connectivity index (χ3v) is 3.39. The van der Waals surface area contributed by atoms with Crippen LogP contribution in [-0.2, 0) is 4.74 Å². The van der Waals surface area contributed by atoms with Crippen LogP contribution in [0, 0.1) is 0 Å². The summed E-state index contributed by atoms with van der Waals surface area (Å²) >= 11 is 4.48. The molecule has 17 heavy (non-hydrogen) atoms. The first-order chi connectivity index (χ1) is 8.27. The van der Waals surface area contributed by atoms with E-state index in [9.17, 15) is 0 Å². The van der Waals surface area contributed by atoms with Crippen molar-refractivity contribution >= 4 is 23.7 Å². The Bertz CT molecular complexity index is 532. The molecule has 2 aromatic heterocycles. The molecule has 0 radical (unpaired) electrons. The zero-order valence-electron chi connectivity index (χ0n) is 9.71. The normalized spacial score (nSPS) is 22.1. The van der Waals surface area contributed by atoms with Gasteiger partial charge in [0.2, 0.25) is 0 Å². The van der Waals surface area contributed by atoms with Crippen LogP contribution in [0.1, 0.15) is 30.3 Å². The Labute approximate surface area is 105 Å². The van der Waals surface area contributed by atoms with Crippen LogP contribution >= 0.6 is 12.6 Å². The number of pyridine rings is 1. The first kappa shape index (κ1) is 11.0. The molecule has 1 aliphatic rings. The van der Waals surface area contributed by atoms with Crippen LogP contribution in [0.25, 0.3) is 11.0 Å². The number of aromatic nitrogens is 3. The van der Waals surface area contributed by atoms with Crippen molar-refractivity contribution in [2.24, 2.45) is 0 Å². The topological polar surface area (TPSA) is 39.9 Å². The van der Waals surface area contributed by atoms with Gasteiger partial charge in [-0.1, -0.05) is 0 Å². The van der Waals surface area contributed by atoms with E-state index in [2.05, 4.69) is 28.8 Å². The van der Waals surface area contributed by atoms with Crippen molar-refractivity contribution < 1.29 is 4.74 Å². The second-order valence-electron chi connectivity index (χ2n) is 4.40. The Morgan fingerprint density at radius 2 is 2.47 bits per heavy atom. The molecule has 2 aromatic rings. The van der Waals surface area contributed by atoms with E-state index in [1.807, 2.05) is 23.9 Å². The molecule has 0 aliphatic carbocycles. The molecule has 1 aliphatic heterocycles. The fraction of sp³-hybridized carbons (Fsp3) is 0.500. The van der Waals surface area contributed by atoms with Crippen LogP contribution in [-0.4, -0.2) is 28.0 Å². The summed E-state index contributed by atoms with van der Waals surface area (Å²) < 4.78 is 7.43. The van der Waals surface area contributed by atoms with Crippen molar-refractivity contribution in [3.8, 4) is 0 Å². The lowest BCUT2D eigenvalue weighted by Crippen LogP contribution is -2.11. The van der Waals surface area contributed by atoms with Crippen LogP contribution in [0.3, 0.4) is 0 Å². The fourth-order valence-corrected chi connectivity index (χ4v) is 2.47. The van der Waals surface area contributed by atoms with Crippen LogP contribution in [0.5, 0.6) is 0 Å². The fourth-order valence-electron chi connectivity index (χ4n) is 2.27. The summed E-state index contributed by atoms with van der Waals surface area (Å²) in [4.78, 5) is 4.44. The average molecular weight is 249 g/mol. The third-order valence-electron chi connectivity index (χ3n) is 3.14. The molecule has 3 rings (SSSR count). The molecule has 4 nitrogen and oxygen atoms in total. The smallest absolute Gasteiger partial charge is 0.158 e. The second kappa shape index (κ2) is 4.31. The minimum atomic E-state index is 0.116. The van der Waals surface area contributed by atoms with Crippen molar-refractivity contribution in [2.75, 3.05) is 13.2 Å². The van der Waals surface area contributed by atoms with E-state index in [1.165, 1.54) is 0 Å². The van der Waals surface area contributed by atoms with Gasteiger partial charge in [-0.25, -0.2) is 9.67 Å². The van der Waals surface area contributed by atoms with Crippen molar-refractivity contribution in [1.82, 2.24) is 14.8 Å². The minimum Gasteiger partial charge on any atom is -0.379 e. The largest absolute Gasteiger partial charge is 0.379 e. The Morgan fingerprint density at radius 3 is 3.18 bits per heavy atom. The summed E-state index contributed by atoms with van der Waals surface area (Å²) in [6.07, 6.45) is 2.82. The van der Waals surface area contributed by atoms with Gasteiger partial charge in [-0.15, -0.1) is 0 Å². The lowest BCUT2D eigenvalue weighted by Gasteiger charge is -2.08. The lowest BCUT2D eigenvalue weighted by atomic mass is 10.2. The van der Waals surface area contributed by atoms with E-state index >= 15 is 0 Å². The van der Waals surface area contributed by atoms with Gasteiger partial charge in [0, 0.05) is 23.4 Å². The van der Waals surface area contributed by atoms with E-state index in [1.54, 1.807) is 0 Å². The van der Waals surface area contributed by atoms with Gasteiger partial charge in [0.1, 0.15) is 0 Å². The second-order valence-corrected chi connectivity index (χ2v) is 5.17. The van der Waals surface area contributed by atoms with Gasteiger partial charge in [-0.05, 0) is 25.5 Å². The monoisotopic (exact) mass is 249 g/mol. The molecule has 90 valence electrons. The number of fused-ring (bicyclic) bond motifs is 1. The molecular weight excluding hydrogens is 234 g/mol. The summed E-state index contributed by atoms with van der Waals surface area (Å²) in [5.74, 6) is 0. The van der Waals surface area contributed by atoms with Gasteiger partial charge in [-0.3, -0.25) is 0 Å². The predicted octanol–water partition coefficient (Wildman–Crippen LogP) is 2.38. The highest BCUT2D eigenvalue weighted by atomic mass is 32.1. The third kappa shape index (κ3) is 1.83. The molecule has 0 saturated carbocycles. The highest BCUT2D eigenvalue weighted by molar-refractivity contribution is 7.80. The molecule has 0 N–H and O–H groups in total. The lowest BCUT2D eigenvalue weighted by molar-refractivity contribution is 0.185. The molecule has 0 amide bonds. The first-order valence-electron chi connectivity index (χ1n) is 5.86. The number of nitrogens with zero attached hydrogens (tertiary/aromatic N) is 3. The maximum atomic E-state index is 5.42. The van der Waals surface area contributed by atoms with Crippen LogP contribution < -0.4 is 0 Å². The minimum absolute atomic E-state index is 0.116. The zero-order chi connectivity index (χ0) is 11.8. The molecule has 1 fully saturated rings. The van der Waals surface area contributed by atoms with E-state index in [-0.39, 0.29) is 5.25 Å². The summed E-state index contributed by atoms with van der Waals surface area (Å²) in [5.41, 5.74) is 1.95. The van der Waals surface area contributed by atoms with Gasteiger partial charge in [0.15, 0.2) is 5.65 Å². The summed E-state index contributed by atoms with van der Waals surface area (Å²) in [6, 6.07) is 4.32. The zero-order valence-corrected chi connectivity index (χ0v) is 10.6. The van der Waals surface area contributed by atoms with E-state index in [0.717, 1.165) is 36.4 Å². The molecule has 1 saturated heterocycles. The van der Waals surface area contributed by atoms with Gasteiger partial charge < -0.3 is 4.74 Å². The highest BCUT2D eigenvalue weighted by Gasteiger charge is 2.23. The molecular formula is C12H15N3OS. The number of thiol groups is 1. The average Bonchev–Trinajstić information content (AvgIpc) is 2.95. The van der Waals surface area contributed by atoms with E-state index in [0.29, 0.717) is 6.04 Å². The molecule has 5 heteroatoms. The molecule has 0 spiro atoms. The van der Waals surface area contributed by atoms with E-state index in [4.69, 9.17) is 4.74 Å². The van der Waals surface area contributed by atoms with Crippen LogP contribution in [0.4, 0.5) is 0 Å². The van der Waals surface area contributed by atoms with Crippen molar-refractivity contribution in [3.63, 3.8) is 0 Å². The summed E-state index contributed by atoms with van der Waals surface area (Å²) in [6.45, 7) is 3.58. The SMILES string of the molecule is CC(S)c1nn(C2CCOC2)c2ncccc12. The van der Waals surface area contributed by atoms with Crippen molar-refractivity contribution in [2.45, 2.75) is 24.6 Å². The Morgan fingerprint density at radius 1 is 1.59 bits per heavy atom. The first-order valence-corrected chi connectivity index (χ1v) is 6.38. The molecule has 0 aromatic carbocycles. The van der Waals surface area contributed by atoms with Gasteiger partial charge in [-0.2, -0.15) is 17.7 Å². The number of rotatable bonds is 2. The maximum absolute atomic E-state index is 5.42. The molecule has 2 unspecified atom stereocenters. The predicted molar refractivity (Wildman–Crippen MR) is 69.4 cm³/mol. The Hall–Kier alpha value is -1.07. The summed E-state index contributed by atoms with van der Waals surface area (Å²) in [7, 11) is 0. The van der Waals surface area contributed by atoms with Gasteiger partial charge >= 0.3 is 0 Å². The van der Waals surface area contributed by atoms with Gasteiger partial charge in [0.25, 0.3) is 0 Å². The summed E-state index contributed by atoms with van der Waals surface area (Å²) in [5, 5.41) is 5.88. The maximum Gasteiger partial charge on any atom is 0.158 e. The molecule has 0 bridgehead atoms. The Kier molecular flexibility index (Phi) is 2.80. The Balaban J connectivity index is 2.17. The van der Waals surface area contributed by atoms with Crippen LogP contribution in [0.15, 0.2) is 18.3 Å². The number of hydrogen-bond donors (Lipinski definition) is 1. The van der Waals surface area contributed by atoms with Crippen LogP contribution in [0.2, 0.25) is 0 Å². The molecule has 2 atom stereocenters. The standard InChI is InChI=1S/C12H15N3OS/c1-8(17)11-10-3-2-5-13-12(10)15(14-11)9-4-6-16-7-9/h2-3,5,8-9,17H,4,6-7H2,1H3. The van der Waals surface area contributed by atoms with Crippen molar-refractivity contribution in [1.29, 1.82) is 0 Å². The highest BCUT2D eigenvalue weighted by Crippen LogP contribution is 2.29.